The van der Waals surface area contributed by atoms with Crippen LogP contribution in [-0.4, -0.2) is 23.7 Å². The van der Waals surface area contributed by atoms with Gasteiger partial charge in [-0.1, -0.05) is 43.2 Å². The number of Topliss-reactive ketones (excluding diaryl/α,β-unsaturated/α-hetero) is 1. The van der Waals surface area contributed by atoms with Gasteiger partial charge in [-0.3, -0.25) is 4.79 Å². The molecule has 2 nitrogen and oxygen atoms in total. The molecule has 0 amide bonds. The van der Waals surface area contributed by atoms with Crippen LogP contribution in [0.3, 0.4) is 0 Å². The summed E-state index contributed by atoms with van der Waals surface area (Å²) in [7, 11) is 0. The largest absolute Gasteiger partial charge is 0.421 e. The third-order valence-electron chi connectivity index (χ3n) is 3.78. The first-order valence-corrected chi connectivity index (χ1v) is 7.84. The van der Waals surface area contributed by atoms with Crippen LogP contribution < -0.4 is 0 Å². The fraction of sp³-hybridized carbons (Fsp3) is 0.471. The minimum Gasteiger partial charge on any atom is -0.357 e. The lowest BCUT2D eigenvalue weighted by molar-refractivity contribution is -0.278. The molecule has 1 heterocycles. The topological polar surface area (TPSA) is 26.3 Å². The second-order valence-corrected chi connectivity index (χ2v) is 6.16. The number of alkyl halides is 3. The van der Waals surface area contributed by atoms with Gasteiger partial charge in [0.05, 0.1) is 6.10 Å². The molecule has 23 heavy (non-hydrogen) atoms. The van der Waals surface area contributed by atoms with Crippen molar-refractivity contribution in [2.24, 2.45) is 0 Å². The zero-order valence-electron chi connectivity index (χ0n) is 12.7. The standard InChI is InChI=1S/C17H18ClF3O2/c1-2-4-15-10-14(22)11-16(23-15,17(19,20)21)8-7-12-5-3-6-13(18)9-12/h3,5-9,15H,2,4,10-11H2,1H3/b8-7+/t15-,16?/m1/s1. The van der Waals surface area contributed by atoms with Crippen molar-refractivity contribution in [1.82, 2.24) is 0 Å². The maximum atomic E-state index is 13.6. The summed E-state index contributed by atoms with van der Waals surface area (Å²) in [5.41, 5.74) is -2.04. The van der Waals surface area contributed by atoms with Crippen LogP contribution in [0.4, 0.5) is 13.2 Å². The predicted molar refractivity (Wildman–Crippen MR) is 83.3 cm³/mol. The van der Waals surface area contributed by atoms with Crippen LogP contribution in [0, 0.1) is 0 Å². The Morgan fingerprint density at radius 3 is 2.78 bits per heavy atom. The summed E-state index contributed by atoms with van der Waals surface area (Å²) in [5.74, 6) is -0.428. The summed E-state index contributed by atoms with van der Waals surface area (Å²) in [6, 6.07) is 6.47. The van der Waals surface area contributed by atoms with Gasteiger partial charge in [-0.05, 0) is 30.2 Å². The van der Waals surface area contributed by atoms with Crippen molar-refractivity contribution in [1.29, 1.82) is 0 Å². The van der Waals surface area contributed by atoms with E-state index >= 15 is 0 Å². The van der Waals surface area contributed by atoms with Crippen molar-refractivity contribution in [2.75, 3.05) is 0 Å². The number of hydrogen-bond acceptors (Lipinski definition) is 2. The van der Waals surface area contributed by atoms with E-state index in [1.165, 1.54) is 6.08 Å². The van der Waals surface area contributed by atoms with Gasteiger partial charge in [-0.15, -0.1) is 0 Å². The van der Waals surface area contributed by atoms with Crippen LogP contribution in [0.15, 0.2) is 30.3 Å². The first-order valence-electron chi connectivity index (χ1n) is 7.47. The zero-order chi connectivity index (χ0) is 17.1. The molecule has 126 valence electrons. The molecule has 0 aromatic heterocycles. The molecule has 0 spiro atoms. The first kappa shape index (κ1) is 18.0. The van der Waals surface area contributed by atoms with Gasteiger partial charge < -0.3 is 4.74 Å². The molecule has 2 rings (SSSR count). The Morgan fingerprint density at radius 1 is 1.43 bits per heavy atom. The molecule has 1 aliphatic heterocycles. The predicted octanol–water partition coefficient (Wildman–Crippen LogP) is 5.20. The van der Waals surface area contributed by atoms with Crippen molar-refractivity contribution in [2.45, 2.75) is 50.5 Å². The minimum absolute atomic E-state index is 0.0384. The number of carbonyl (C=O) groups excluding carboxylic acids is 1. The van der Waals surface area contributed by atoms with Gasteiger partial charge in [0.2, 0.25) is 0 Å². The molecule has 0 aliphatic carbocycles. The van der Waals surface area contributed by atoms with Crippen molar-refractivity contribution >= 4 is 23.5 Å². The average molecular weight is 347 g/mol. The molecule has 1 aliphatic rings. The summed E-state index contributed by atoms with van der Waals surface area (Å²) in [6.07, 6.45) is -2.68. The molecule has 0 radical (unpaired) electrons. The highest BCUT2D eigenvalue weighted by atomic mass is 35.5. The van der Waals surface area contributed by atoms with E-state index in [1.54, 1.807) is 24.3 Å². The second-order valence-electron chi connectivity index (χ2n) is 5.72. The molecule has 0 saturated carbocycles. The van der Waals surface area contributed by atoms with Gasteiger partial charge in [-0.25, -0.2) is 0 Å². The summed E-state index contributed by atoms with van der Waals surface area (Å²) >= 11 is 5.84. The third kappa shape index (κ3) is 4.36. The van der Waals surface area contributed by atoms with Crippen LogP contribution >= 0.6 is 11.6 Å². The van der Waals surface area contributed by atoms with Gasteiger partial charge in [0.15, 0.2) is 5.60 Å². The number of hydrogen-bond donors (Lipinski definition) is 0. The lowest BCUT2D eigenvalue weighted by Gasteiger charge is -2.39. The molecule has 1 aromatic carbocycles. The van der Waals surface area contributed by atoms with Crippen LogP contribution in [0.1, 0.15) is 38.2 Å². The number of ketones is 1. The summed E-state index contributed by atoms with van der Waals surface area (Å²) in [6.45, 7) is 1.85. The van der Waals surface area contributed by atoms with E-state index < -0.39 is 30.1 Å². The van der Waals surface area contributed by atoms with Crippen LogP contribution in [-0.2, 0) is 9.53 Å². The second kappa shape index (κ2) is 7.05. The van der Waals surface area contributed by atoms with E-state index in [-0.39, 0.29) is 6.42 Å². The van der Waals surface area contributed by atoms with Gasteiger partial charge in [0.25, 0.3) is 0 Å². The van der Waals surface area contributed by atoms with E-state index in [4.69, 9.17) is 16.3 Å². The summed E-state index contributed by atoms with van der Waals surface area (Å²) < 4.78 is 46.2. The van der Waals surface area contributed by atoms with Crippen molar-refractivity contribution < 1.29 is 22.7 Å². The van der Waals surface area contributed by atoms with Gasteiger partial charge in [-0.2, -0.15) is 13.2 Å². The number of rotatable bonds is 4. The van der Waals surface area contributed by atoms with E-state index in [9.17, 15) is 18.0 Å². The molecule has 1 saturated heterocycles. The van der Waals surface area contributed by atoms with Gasteiger partial charge >= 0.3 is 6.18 Å². The third-order valence-corrected chi connectivity index (χ3v) is 4.01. The van der Waals surface area contributed by atoms with E-state index in [0.29, 0.717) is 23.4 Å². The number of carbonyl (C=O) groups is 1. The van der Waals surface area contributed by atoms with E-state index in [2.05, 4.69) is 0 Å². The molecular weight excluding hydrogens is 329 g/mol. The van der Waals surface area contributed by atoms with Crippen LogP contribution in [0.5, 0.6) is 0 Å². The molecule has 1 aromatic rings. The zero-order valence-corrected chi connectivity index (χ0v) is 13.5. The van der Waals surface area contributed by atoms with Crippen molar-refractivity contribution in [3.8, 4) is 0 Å². The molecule has 1 fully saturated rings. The molecule has 1 unspecified atom stereocenters. The Kier molecular flexibility index (Phi) is 5.53. The number of benzene rings is 1. The smallest absolute Gasteiger partial charge is 0.357 e. The van der Waals surface area contributed by atoms with Crippen molar-refractivity contribution in [3.63, 3.8) is 0 Å². The Morgan fingerprint density at radius 2 is 2.17 bits per heavy atom. The molecule has 0 bridgehead atoms. The van der Waals surface area contributed by atoms with E-state index in [0.717, 1.165) is 6.08 Å². The number of ether oxygens (including phenoxy) is 1. The van der Waals surface area contributed by atoms with E-state index in [1.807, 2.05) is 6.92 Å². The Labute approximate surface area is 138 Å². The van der Waals surface area contributed by atoms with Crippen LogP contribution in [0.25, 0.3) is 6.08 Å². The highest BCUT2D eigenvalue weighted by molar-refractivity contribution is 6.30. The maximum Gasteiger partial charge on any atom is 0.421 e. The molecule has 2 atom stereocenters. The van der Waals surface area contributed by atoms with Gasteiger partial charge in [0, 0.05) is 17.9 Å². The highest BCUT2D eigenvalue weighted by Gasteiger charge is 2.58. The SMILES string of the molecule is CCC[C@@H]1CC(=O)CC(/C=C/c2cccc(Cl)c2)(C(F)(F)F)O1. The van der Waals surface area contributed by atoms with Crippen molar-refractivity contribution in [3.05, 3.63) is 40.9 Å². The highest BCUT2D eigenvalue weighted by Crippen LogP contribution is 2.43. The lowest BCUT2D eigenvalue weighted by Crippen LogP contribution is -2.53. The number of halogens is 4. The normalized spacial score (nSPS) is 26.0. The lowest BCUT2D eigenvalue weighted by atomic mass is 9.88. The first-order chi connectivity index (χ1) is 10.8. The molecule has 0 N–H and O–H groups in total. The average Bonchev–Trinajstić information content (AvgIpc) is 2.44. The minimum atomic E-state index is -4.66. The Balaban J connectivity index is 2.34. The monoisotopic (exact) mass is 346 g/mol. The molecule has 6 heteroatoms. The van der Waals surface area contributed by atoms with Crippen LogP contribution in [0.2, 0.25) is 5.02 Å². The summed E-state index contributed by atoms with van der Waals surface area (Å²) in [4.78, 5) is 11.8. The Hall–Kier alpha value is -1.33. The Bertz CT molecular complexity index is 598. The fourth-order valence-electron chi connectivity index (χ4n) is 2.68. The van der Waals surface area contributed by atoms with Gasteiger partial charge in [0.1, 0.15) is 5.78 Å². The maximum absolute atomic E-state index is 13.6. The molecular formula is C17H18ClF3O2. The fourth-order valence-corrected chi connectivity index (χ4v) is 2.88. The summed E-state index contributed by atoms with van der Waals surface area (Å²) in [5, 5.41) is 0.428. The quantitative estimate of drug-likeness (QED) is 0.748.